The van der Waals surface area contributed by atoms with Crippen LogP contribution in [0.15, 0.2) is 41.2 Å². The van der Waals surface area contributed by atoms with Crippen LogP contribution < -0.4 is 0 Å². The standard InChI is InChI=1S/C14H13BrO/c15-14(13-6-7-16-9-13)12-5-4-10-2-1-3-11(10)8-12/h4-9,14H,1-3H2. The van der Waals surface area contributed by atoms with Gasteiger partial charge in [-0.25, -0.2) is 0 Å². The Morgan fingerprint density at radius 1 is 1.06 bits per heavy atom. The lowest BCUT2D eigenvalue weighted by atomic mass is 10.0. The molecule has 0 radical (unpaired) electrons. The summed E-state index contributed by atoms with van der Waals surface area (Å²) in [6.07, 6.45) is 7.30. The largest absolute Gasteiger partial charge is 0.472 e. The van der Waals surface area contributed by atoms with Crippen LogP contribution in [0.5, 0.6) is 0 Å². The van der Waals surface area contributed by atoms with Gasteiger partial charge in [-0.15, -0.1) is 0 Å². The molecule has 1 aromatic heterocycles. The van der Waals surface area contributed by atoms with Gasteiger partial charge in [-0.2, -0.15) is 0 Å². The Bertz CT molecular complexity index is 487. The maximum absolute atomic E-state index is 5.12. The van der Waals surface area contributed by atoms with E-state index in [1.165, 1.54) is 41.5 Å². The first-order chi connectivity index (χ1) is 7.84. The average molecular weight is 277 g/mol. The third-order valence-electron chi connectivity index (χ3n) is 3.25. The molecule has 1 nitrogen and oxygen atoms in total. The van der Waals surface area contributed by atoms with Gasteiger partial charge >= 0.3 is 0 Å². The maximum Gasteiger partial charge on any atom is 0.0949 e. The van der Waals surface area contributed by atoms with Crippen molar-refractivity contribution in [3.05, 3.63) is 59.0 Å². The van der Waals surface area contributed by atoms with Crippen LogP contribution >= 0.6 is 15.9 Å². The third-order valence-corrected chi connectivity index (χ3v) is 4.31. The molecular formula is C14H13BrO. The number of halogens is 1. The van der Waals surface area contributed by atoms with E-state index in [0.29, 0.717) is 0 Å². The fourth-order valence-corrected chi connectivity index (χ4v) is 2.91. The monoisotopic (exact) mass is 276 g/mol. The molecule has 0 amide bonds. The average Bonchev–Trinajstić information content (AvgIpc) is 2.98. The minimum atomic E-state index is 0.247. The van der Waals surface area contributed by atoms with Crippen molar-refractivity contribution in [2.24, 2.45) is 0 Å². The zero-order chi connectivity index (χ0) is 11.0. The molecule has 0 saturated carbocycles. The summed E-state index contributed by atoms with van der Waals surface area (Å²) in [6.45, 7) is 0. The molecule has 0 N–H and O–H groups in total. The van der Waals surface area contributed by atoms with E-state index in [4.69, 9.17) is 4.42 Å². The zero-order valence-electron chi connectivity index (χ0n) is 8.95. The molecule has 0 saturated heterocycles. The van der Waals surface area contributed by atoms with E-state index < -0.39 is 0 Å². The van der Waals surface area contributed by atoms with Crippen molar-refractivity contribution in [2.45, 2.75) is 24.1 Å². The number of benzene rings is 1. The van der Waals surface area contributed by atoms with Crippen molar-refractivity contribution >= 4 is 15.9 Å². The highest BCUT2D eigenvalue weighted by atomic mass is 79.9. The van der Waals surface area contributed by atoms with Crippen molar-refractivity contribution < 1.29 is 4.42 Å². The lowest BCUT2D eigenvalue weighted by Gasteiger charge is -2.10. The molecule has 3 rings (SSSR count). The van der Waals surface area contributed by atoms with Crippen molar-refractivity contribution in [1.29, 1.82) is 0 Å². The Balaban J connectivity index is 1.95. The van der Waals surface area contributed by atoms with E-state index in [1.54, 1.807) is 12.5 Å². The van der Waals surface area contributed by atoms with E-state index in [-0.39, 0.29) is 4.83 Å². The third kappa shape index (κ3) is 1.71. The molecule has 2 heteroatoms. The number of hydrogen-bond acceptors (Lipinski definition) is 1. The molecule has 1 atom stereocenters. The molecule has 1 aliphatic carbocycles. The Kier molecular flexibility index (Phi) is 2.60. The smallest absolute Gasteiger partial charge is 0.0949 e. The van der Waals surface area contributed by atoms with Gasteiger partial charge in [-0.05, 0) is 42.0 Å². The summed E-state index contributed by atoms with van der Waals surface area (Å²) in [6, 6.07) is 8.82. The van der Waals surface area contributed by atoms with Crippen LogP contribution in [0.1, 0.15) is 33.5 Å². The van der Waals surface area contributed by atoms with Gasteiger partial charge in [0.25, 0.3) is 0 Å². The first-order valence-electron chi connectivity index (χ1n) is 5.62. The number of rotatable bonds is 2. The minimum absolute atomic E-state index is 0.247. The SMILES string of the molecule is BrC(c1ccoc1)c1ccc2c(c1)CCC2. The second-order valence-corrected chi connectivity index (χ2v) is 5.22. The van der Waals surface area contributed by atoms with E-state index in [0.717, 1.165) is 0 Å². The van der Waals surface area contributed by atoms with E-state index in [1.807, 2.05) is 6.07 Å². The van der Waals surface area contributed by atoms with Gasteiger partial charge in [0, 0.05) is 5.56 Å². The van der Waals surface area contributed by atoms with Crippen LogP contribution in [0.25, 0.3) is 0 Å². The lowest BCUT2D eigenvalue weighted by Crippen LogP contribution is -1.93. The second kappa shape index (κ2) is 4.10. The van der Waals surface area contributed by atoms with E-state index in [2.05, 4.69) is 34.1 Å². The lowest BCUT2D eigenvalue weighted by molar-refractivity contribution is 0.564. The molecule has 0 aliphatic heterocycles. The first kappa shape index (κ1) is 10.2. The number of fused-ring (bicyclic) bond motifs is 1. The van der Waals surface area contributed by atoms with Crippen molar-refractivity contribution in [3.8, 4) is 0 Å². The quantitative estimate of drug-likeness (QED) is 0.748. The molecule has 82 valence electrons. The highest BCUT2D eigenvalue weighted by Crippen LogP contribution is 2.33. The molecule has 0 fully saturated rings. The van der Waals surface area contributed by atoms with Crippen molar-refractivity contribution in [3.63, 3.8) is 0 Å². The van der Waals surface area contributed by atoms with E-state index >= 15 is 0 Å². The topological polar surface area (TPSA) is 13.1 Å². The predicted octanol–water partition coefficient (Wildman–Crippen LogP) is 4.25. The first-order valence-corrected chi connectivity index (χ1v) is 6.54. The van der Waals surface area contributed by atoms with Gasteiger partial charge in [0.2, 0.25) is 0 Å². The Morgan fingerprint density at radius 2 is 1.94 bits per heavy atom. The fraction of sp³-hybridized carbons (Fsp3) is 0.286. The highest BCUT2D eigenvalue weighted by Gasteiger charge is 2.15. The Labute approximate surface area is 104 Å². The van der Waals surface area contributed by atoms with Gasteiger partial charge < -0.3 is 4.42 Å². The van der Waals surface area contributed by atoms with Gasteiger partial charge in [-0.1, -0.05) is 34.1 Å². The summed E-state index contributed by atoms with van der Waals surface area (Å²) in [5.41, 5.74) is 5.54. The Hall–Kier alpha value is -1.02. The van der Waals surface area contributed by atoms with E-state index in [9.17, 15) is 0 Å². The molecule has 1 unspecified atom stereocenters. The normalized spacial score (nSPS) is 16.1. The predicted molar refractivity (Wildman–Crippen MR) is 67.9 cm³/mol. The van der Waals surface area contributed by atoms with Gasteiger partial charge in [-0.3, -0.25) is 0 Å². The number of alkyl halides is 1. The van der Waals surface area contributed by atoms with Crippen LogP contribution in [0, 0.1) is 0 Å². The molecular weight excluding hydrogens is 264 g/mol. The van der Waals surface area contributed by atoms with Crippen LogP contribution in [0.4, 0.5) is 0 Å². The minimum Gasteiger partial charge on any atom is -0.472 e. The summed E-state index contributed by atoms with van der Waals surface area (Å²) in [4.78, 5) is 0.247. The van der Waals surface area contributed by atoms with Crippen LogP contribution in [-0.2, 0) is 12.8 Å². The van der Waals surface area contributed by atoms with Crippen LogP contribution in [0.2, 0.25) is 0 Å². The number of hydrogen-bond donors (Lipinski definition) is 0. The molecule has 0 bridgehead atoms. The summed E-state index contributed by atoms with van der Waals surface area (Å²) in [5, 5.41) is 0. The summed E-state index contributed by atoms with van der Waals surface area (Å²) in [7, 11) is 0. The van der Waals surface area contributed by atoms with Gasteiger partial charge in [0.1, 0.15) is 0 Å². The maximum atomic E-state index is 5.12. The summed E-state index contributed by atoms with van der Waals surface area (Å²) >= 11 is 3.72. The van der Waals surface area contributed by atoms with Crippen molar-refractivity contribution in [2.75, 3.05) is 0 Å². The van der Waals surface area contributed by atoms with Crippen LogP contribution in [-0.4, -0.2) is 0 Å². The van der Waals surface area contributed by atoms with Crippen LogP contribution in [0.3, 0.4) is 0 Å². The fourth-order valence-electron chi connectivity index (χ4n) is 2.36. The van der Waals surface area contributed by atoms with Crippen molar-refractivity contribution in [1.82, 2.24) is 0 Å². The van der Waals surface area contributed by atoms with Gasteiger partial charge in [0.05, 0.1) is 17.4 Å². The molecule has 2 aromatic rings. The molecule has 1 aromatic carbocycles. The summed E-state index contributed by atoms with van der Waals surface area (Å²) in [5.74, 6) is 0. The number of aryl methyl sites for hydroxylation is 2. The Morgan fingerprint density at radius 3 is 2.75 bits per heavy atom. The highest BCUT2D eigenvalue weighted by molar-refractivity contribution is 9.09. The van der Waals surface area contributed by atoms with Gasteiger partial charge in [0.15, 0.2) is 0 Å². The molecule has 1 heterocycles. The molecule has 16 heavy (non-hydrogen) atoms. The molecule has 1 aliphatic rings. The molecule has 0 spiro atoms. The number of furan rings is 1. The zero-order valence-corrected chi connectivity index (χ0v) is 10.5. The summed E-state index contributed by atoms with van der Waals surface area (Å²) < 4.78 is 5.12. The second-order valence-electron chi connectivity index (χ2n) is 4.30.